The number of carbonyl (C=O) groups is 2. The zero-order valence-electron chi connectivity index (χ0n) is 18.7. The molecule has 170 valence electrons. The van der Waals surface area contributed by atoms with Crippen molar-refractivity contribution in [1.82, 2.24) is 9.80 Å². The summed E-state index contributed by atoms with van der Waals surface area (Å²) in [6.45, 7) is 3.77. The summed E-state index contributed by atoms with van der Waals surface area (Å²) in [4.78, 5) is 29.6. The van der Waals surface area contributed by atoms with Gasteiger partial charge in [-0.15, -0.1) is 0 Å². The van der Waals surface area contributed by atoms with E-state index in [2.05, 4.69) is 15.1 Å². The lowest BCUT2D eigenvalue weighted by molar-refractivity contribution is -0.137. The molecule has 0 saturated carbocycles. The van der Waals surface area contributed by atoms with Crippen LogP contribution >= 0.6 is 0 Å². The number of rotatable bonds is 6. The second-order valence-electron chi connectivity index (χ2n) is 8.78. The van der Waals surface area contributed by atoms with Gasteiger partial charge in [-0.25, -0.2) is 0 Å². The van der Waals surface area contributed by atoms with Crippen LogP contribution in [-0.2, 0) is 9.59 Å². The van der Waals surface area contributed by atoms with E-state index in [-0.39, 0.29) is 11.8 Å². The van der Waals surface area contributed by atoms with Gasteiger partial charge in [0.15, 0.2) is 0 Å². The molecular weight excluding hydrogens is 402 g/mol. The zero-order valence-corrected chi connectivity index (χ0v) is 18.7. The molecule has 0 aliphatic carbocycles. The number of hydrogen-bond donors (Lipinski definition) is 1. The lowest BCUT2D eigenvalue weighted by Gasteiger charge is -2.33. The summed E-state index contributed by atoms with van der Waals surface area (Å²) in [5, 5.41) is 2.96. The number of hydrogen-bond acceptors (Lipinski definition) is 4. The van der Waals surface area contributed by atoms with E-state index in [1.165, 1.54) is 12.8 Å². The number of nitrogens with zero attached hydrogens (tertiary/aromatic N) is 2. The van der Waals surface area contributed by atoms with Gasteiger partial charge < -0.3 is 15.0 Å². The fraction of sp³-hybridized carbons (Fsp3) is 0.462. The van der Waals surface area contributed by atoms with Crippen molar-refractivity contribution < 1.29 is 14.3 Å². The van der Waals surface area contributed by atoms with Crippen LogP contribution in [0.25, 0.3) is 0 Å². The number of ether oxygens (including phenoxy) is 1. The lowest BCUT2D eigenvalue weighted by Crippen LogP contribution is -2.44. The van der Waals surface area contributed by atoms with Gasteiger partial charge in [0.2, 0.25) is 11.8 Å². The van der Waals surface area contributed by atoms with Crippen molar-refractivity contribution in [3.63, 3.8) is 0 Å². The average molecular weight is 436 g/mol. The molecule has 2 aliphatic rings. The third kappa shape index (κ3) is 6.33. The molecule has 0 atom stereocenters. The van der Waals surface area contributed by atoms with Crippen LogP contribution in [0.2, 0.25) is 0 Å². The van der Waals surface area contributed by atoms with E-state index >= 15 is 0 Å². The molecule has 0 radical (unpaired) electrons. The summed E-state index contributed by atoms with van der Waals surface area (Å²) in [5.74, 6) is 1.92. The second-order valence-corrected chi connectivity index (χ2v) is 8.78. The first-order chi connectivity index (χ1) is 15.7. The molecule has 2 saturated heterocycles. The van der Waals surface area contributed by atoms with E-state index in [4.69, 9.17) is 4.74 Å². The van der Waals surface area contributed by atoms with E-state index in [0.29, 0.717) is 12.5 Å². The maximum absolute atomic E-state index is 12.8. The Morgan fingerprint density at radius 2 is 1.44 bits per heavy atom. The number of piperidine rings is 1. The van der Waals surface area contributed by atoms with Crippen molar-refractivity contribution >= 4 is 17.5 Å². The van der Waals surface area contributed by atoms with Crippen molar-refractivity contribution in [2.24, 2.45) is 5.92 Å². The van der Waals surface area contributed by atoms with Crippen LogP contribution in [0.5, 0.6) is 11.5 Å². The van der Waals surface area contributed by atoms with Gasteiger partial charge in [0.25, 0.3) is 0 Å². The quantitative estimate of drug-likeness (QED) is 0.724. The van der Waals surface area contributed by atoms with E-state index in [1.807, 2.05) is 54.6 Å². The Hall–Kier alpha value is -2.86. The molecule has 6 nitrogen and oxygen atoms in total. The summed E-state index contributed by atoms with van der Waals surface area (Å²) in [7, 11) is 0. The summed E-state index contributed by atoms with van der Waals surface area (Å²) >= 11 is 0. The van der Waals surface area contributed by atoms with Crippen LogP contribution in [0.15, 0.2) is 54.6 Å². The fourth-order valence-corrected chi connectivity index (χ4v) is 4.52. The highest BCUT2D eigenvalue weighted by Crippen LogP contribution is 2.24. The van der Waals surface area contributed by atoms with Gasteiger partial charge in [-0.1, -0.05) is 31.0 Å². The van der Waals surface area contributed by atoms with Crippen molar-refractivity contribution in [2.75, 3.05) is 38.0 Å². The molecule has 0 bridgehead atoms. The summed E-state index contributed by atoms with van der Waals surface area (Å²) in [5.41, 5.74) is 0.752. The molecule has 2 heterocycles. The molecule has 2 aliphatic heterocycles. The first-order valence-corrected chi connectivity index (χ1v) is 11.8. The monoisotopic (exact) mass is 435 g/mol. The number of likely N-dealkylation sites (tertiary alicyclic amines) is 2. The minimum atomic E-state index is -0.0287. The van der Waals surface area contributed by atoms with E-state index in [1.54, 1.807) is 0 Å². The minimum absolute atomic E-state index is 0.0287. The number of nitrogens with one attached hydrogen (secondary N) is 1. The third-order valence-electron chi connectivity index (χ3n) is 6.34. The first-order valence-electron chi connectivity index (χ1n) is 11.8. The number of amides is 2. The molecule has 0 unspecified atom stereocenters. The Morgan fingerprint density at radius 1 is 0.812 bits per heavy atom. The van der Waals surface area contributed by atoms with Gasteiger partial charge in [-0.05, 0) is 75.2 Å². The smallest absolute Gasteiger partial charge is 0.238 e. The molecule has 1 N–H and O–H groups in total. The third-order valence-corrected chi connectivity index (χ3v) is 6.34. The second kappa shape index (κ2) is 11.1. The highest BCUT2D eigenvalue weighted by atomic mass is 16.5. The Balaban J connectivity index is 1.20. The summed E-state index contributed by atoms with van der Waals surface area (Å²) < 4.78 is 5.79. The molecule has 0 aromatic heterocycles. The van der Waals surface area contributed by atoms with E-state index in [9.17, 15) is 9.59 Å². The van der Waals surface area contributed by atoms with Gasteiger partial charge in [0.1, 0.15) is 11.5 Å². The van der Waals surface area contributed by atoms with Crippen molar-refractivity contribution in [3.05, 3.63) is 54.6 Å². The van der Waals surface area contributed by atoms with Crippen molar-refractivity contribution in [2.45, 2.75) is 38.5 Å². The molecular formula is C26H33N3O3. The molecule has 6 heteroatoms. The standard InChI is InChI=1S/C26H33N3O3/c30-25(27-22-10-12-24(13-11-22)32-23-8-4-3-5-9-23)20-28-18-14-21(15-19-28)26(31)29-16-6-1-2-7-17-29/h3-5,8-13,21H,1-2,6-7,14-20H2,(H,27,30). The Labute approximate surface area is 190 Å². The lowest BCUT2D eigenvalue weighted by atomic mass is 9.95. The van der Waals surface area contributed by atoms with Crippen LogP contribution < -0.4 is 10.1 Å². The molecule has 2 aromatic rings. The zero-order chi connectivity index (χ0) is 22.2. The van der Waals surface area contributed by atoms with E-state index in [0.717, 1.165) is 69.0 Å². The van der Waals surface area contributed by atoms with Crippen LogP contribution in [0.1, 0.15) is 38.5 Å². The number of carbonyl (C=O) groups excluding carboxylic acids is 2. The SMILES string of the molecule is O=C(CN1CCC(C(=O)N2CCCCCC2)CC1)Nc1ccc(Oc2ccccc2)cc1. The Kier molecular flexibility index (Phi) is 7.77. The average Bonchev–Trinajstić information content (AvgIpc) is 3.11. The maximum atomic E-state index is 12.8. The normalized spacial score (nSPS) is 18.1. The summed E-state index contributed by atoms with van der Waals surface area (Å²) in [6.07, 6.45) is 6.41. The van der Waals surface area contributed by atoms with Gasteiger partial charge in [-0.3, -0.25) is 14.5 Å². The molecule has 2 fully saturated rings. The molecule has 2 aromatic carbocycles. The largest absolute Gasteiger partial charge is 0.457 e. The highest BCUT2D eigenvalue weighted by Gasteiger charge is 2.29. The first kappa shape index (κ1) is 22.3. The predicted molar refractivity (Wildman–Crippen MR) is 126 cm³/mol. The van der Waals surface area contributed by atoms with Crippen molar-refractivity contribution in [1.29, 1.82) is 0 Å². The van der Waals surface area contributed by atoms with Crippen LogP contribution in [0.3, 0.4) is 0 Å². The van der Waals surface area contributed by atoms with Crippen molar-refractivity contribution in [3.8, 4) is 11.5 Å². The predicted octanol–water partition coefficient (Wildman–Crippen LogP) is 4.53. The van der Waals surface area contributed by atoms with E-state index < -0.39 is 0 Å². The highest BCUT2D eigenvalue weighted by molar-refractivity contribution is 5.92. The molecule has 2 amide bonds. The van der Waals surface area contributed by atoms with Crippen LogP contribution in [0.4, 0.5) is 5.69 Å². The molecule has 4 rings (SSSR count). The van der Waals surface area contributed by atoms with Gasteiger partial charge in [-0.2, -0.15) is 0 Å². The topological polar surface area (TPSA) is 61.9 Å². The molecule has 32 heavy (non-hydrogen) atoms. The minimum Gasteiger partial charge on any atom is -0.457 e. The fourth-order valence-electron chi connectivity index (χ4n) is 4.52. The van der Waals surface area contributed by atoms with Gasteiger partial charge >= 0.3 is 0 Å². The Bertz CT molecular complexity index is 869. The van der Waals surface area contributed by atoms with Crippen LogP contribution in [-0.4, -0.2) is 54.3 Å². The summed E-state index contributed by atoms with van der Waals surface area (Å²) in [6, 6.07) is 17.0. The number of anilines is 1. The van der Waals surface area contributed by atoms with Crippen LogP contribution in [0, 0.1) is 5.92 Å². The molecule has 0 spiro atoms. The van der Waals surface area contributed by atoms with Gasteiger partial charge in [0, 0.05) is 24.7 Å². The Morgan fingerprint density at radius 3 is 2.09 bits per heavy atom. The maximum Gasteiger partial charge on any atom is 0.238 e. The van der Waals surface area contributed by atoms with Gasteiger partial charge in [0.05, 0.1) is 6.54 Å². The number of benzene rings is 2. The number of para-hydroxylation sites is 1.